The third kappa shape index (κ3) is 6.77. The number of aromatic nitrogens is 1. The molecule has 1 aromatic heterocycles. The van der Waals surface area contributed by atoms with Gasteiger partial charge in [-0.1, -0.05) is 36.4 Å². The molecule has 0 saturated heterocycles. The number of para-hydroxylation sites is 2. The molecule has 0 aliphatic carbocycles. The van der Waals surface area contributed by atoms with Crippen molar-refractivity contribution in [1.29, 1.82) is 0 Å². The minimum absolute atomic E-state index is 1.04. The molecule has 0 atom stereocenters. The number of benzene rings is 2. The van der Waals surface area contributed by atoms with Gasteiger partial charge in [0.2, 0.25) is 0 Å². The van der Waals surface area contributed by atoms with Crippen molar-refractivity contribution >= 4 is 64.5 Å². The van der Waals surface area contributed by atoms with Crippen LogP contribution in [0.5, 0.6) is 0 Å². The number of aliphatic imine (C=N–C) groups is 2. The van der Waals surface area contributed by atoms with Gasteiger partial charge in [-0.2, -0.15) is 0 Å². The van der Waals surface area contributed by atoms with Crippen LogP contribution in [0.2, 0.25) is 0 Å². The fraction of sp³-hybridized carbons (Fsp3) is 0.217. The third-order valence-electron chi connectivity index (χ3n) is 4.73. The van der Waals surface area contributed by atoms with Crippen molar-refractivity contribution in [2.24, 2.45) is 17.0 Å². The van der Waals surface area contributed by atoms with Crippen molar-refractivity contribution < 1.29 is 8.46 Å². The molecule has 0 fully saturated rings. The topological polar surface area (TPSA) is 29.6 Å². The summed E-state index contributed by atoms with van der Waals surface area (Å²) in [5, 5.41) is 0. The molecule has 3 rings (SSSR count). The molecule has 3 nitrogen and oxygen atoms in total. The van der Waals surface area contributed by atoms with E-state index >= 15 is 0 Å². The van der Waals surface area contributed by atoms with Crippen LogP contribution < -0.4 is 0 Å². The molecule has 29 heavy (non-hydrogen) atoms. The normalized spacial score (nSPS) is 11.3. The Hall–Kier alpha value is -0.961. The van der Waals surface area contributed by atoms with Crippen LogP contribution in [-0.4, -0.2) is 17.0 Å². The molecule has 3 aromatic rings. The van der Waals surface area contributed by atoms with Crippen LogP contribution in [0, 0.1) is 27.7 Å². The van der Waals surface area contributed by atoms with E-state index in [0.717, 1.165) is 22.8 Å². The van der Waals surface area contributed by atoms with Crippen molar-refractivity contribution in [3.63, 3.8) is 0 Å². The molecule has 0 radical (unpaired) electrons. The molecule has 154 valence electrons. The molecule has 2 aromatic carbocycles. The molecule has 0 spiro atoms. The summed E-state index contributed by atoms with van der Waals surface area (Å²) in [6.45, 7) is 8.36. The summed E-state index contributed by atoms with van der Waals surface area (Å²) >= 11 is 4.55. The van der Waals surface area contributed by atoms with E-state index in [2.05, 4.69) is 121 Å². The summed E-state index contributed by atoms with van der Waals surface area (Å²) in [6, 6.07) is 16.6. The monoisotopic (exact) mass is 653 g/mol. The predicted molar refractivity (Wildman–Crippen MR) is 140 cm³/mol. The van der Waals surface area contributed by atoms with E-state index in [9.17, 15) is 0 Å². The fourth-order valence-electron chi connectivity index (χ4n) is 3.08. The van der Waals surface area contributed by atoms with E-state index < -0.39 is 0 Å². The first kappa shape index (κ1) is 24.3. The Morgan fingerprint density at radius 2 is 1.00 bits per heavy atom. The SMILES string of the molecule is Cc1cccc(C)c1N=Cc1ccc(C=Nc2c(C)cccc2C)n1C.[I][Fe][I]. The zero-order valence-corrected chi connectivity index (χ0v) is 22.6. The van der Waals surface area contributed by atoms with Gasteiger partial charge in [0.15, 0.2) is 0 Å². The quantitative estimate of drug-likeness (QED) is 0.159. The molecule has 0 amide bonds. The Labute approximate surface area is 202 Å². The second-order valence-electron chi connectivity index (χ2n) is 6.79. The van der Waals surface area contributed by atoms with Crippen LogP contribution in [0.1, 0.15) is 33.6 Å². The van der Waals surface area contributed by atoms with Gasteiger partial charge < -0.3 is 4.57 Å². The van der Waals surface area contributed by atoms with E-state index in [-0.39, 0.29) is 0 Å². The molecule has 0 bridgehead atoms. The second kappa shape index (κ2) is 12.0. The first-order valence-corrected chi connectivity index (χ1v) is 16.2. The van der Waals surface area contributed by atoms with Gasteiger partial charge in [0.05, 0.1) is 35.2 Å². The van der Waals surface area contributed by atoms with E-state index in [1.165, 1.54) is 30.7 Å². The second-order valence-corrected chi connectivity index (χ2v) is 16.1. The molecule has 0 saturated carbocycles. The van der Waals surface area contributed by atoms with E-state index in [1.54, 1.807) is 0 Å². The number of hydrogen-bond acceptors (Lipinski definition) is 2. The van der Waals surface area contributed by atoms with Gasteiger partial charge in [0.1, 0.15) is 0 Å². The Balaban J connectivity index is 0.000000941. The summed E-state index contributed by atoms with van der Waals surface area (Å²) in [7, 11) is 3.23. The van der Waals surface area contributed by atoms with Crippen molar-refractivity contribution in [3.8, 4) is 0 Å². The summed E-state index contributed by atoms with van der Waals surface area (Å²) in [5.74, 6) is 0. The van der Waals surface area contributed by atoms with Gasteiger partial charge >= 0.3 is 49.1 Å². The number of hydrogen-bond donors (Lipinski definition) is 0. The summed E-state index contributed by atoms with van der Waals surface area (Å²) < 4.78 is 2.11. The molecule has 0 N–H and O–H groups in total. The Morgan fingerprint density at radius 1 is 0.690 bits per heavy atom. The summed E-state index contributed by atoms with van der Waals surface area (Å²) in [5.41, 5.74) is 8.93. The Morgan fingerprint density at radius 3 is 1.31 bits per heavy atom. The molecule has 0 aliphatic heterocycles. The van der Waals surface area contributed by atoms with Crippen molar-refractivity contribution in [1.82, 2.24) is 4.57 Å². The van der Waals surface area contributed by atoms with Crippen molar-refractivity contribution in [2.45, 2.75) is 27.7 Å². The molecular weight excluding hydrogens is 628 g/mol. The summed E-state index contributed by atoms with van der Waals surface area (Å²) in [6.07, 6.45) is 3.84. The van der Waals surface area contributed by atoms with Gasteiger partial charge in [-0.05, 0) is 62.1 Å². The maximum absolute atomic E-state index is 4.71. The average molecular weight is 653 g/mol. The number of nitrogens with zero attached hydrogens (tertiary/aromatic N) is 3. The van der Waals surface area contributed by atoms with Gasteiger partial charge in [-0.3, -0.25) is 9.98 Å². The van der Waals surface area contributed by atoms with Crippen LogP contribution >= 0.6 is 40.7 Å². The van der Waals surface area contributed by atoms with Crippen LogP contribution in [-0.2, 0) is 15.5 Å². The molecule has 6 heteroatoms. The van der Waals surface area contributed by atoms with Gasteiger partial charge in [0, 0.05) is 7.05 Å². The first-order valence-electron chi connectivity index (χ1n) is 9.10. The number of aryl methyl sites for hydroxylation is 4. The minimum atomic E-state index is 1.04. The first-order chi connectivity index (χ1) is 13.9. The zero-order chi connectivity index (χ0) is 21.4. The molecule has 1 heterocycles. The standard InChI is InChI=1S/C23H25N3.Fe.2HI/c1-16-8-6-9-17(2)22(16)24-14-20-12-13-21(26(20)5)15-25-23-18(3)10-7-11-19(23)4;;;/h6-15H,1-5H3;;2*1H/q;+2;;/p-2. The third-order valence-corrected chi connectivity index (χ3v) is 4.73. The molecule has 0 unspecified atom stereocenters. The number of halogens is 2. The van der Waals surface area contributed by atoms with E-state index in [4.69, 9.17) is 9.98 Å². The van der Waals surface area contributed by atoms with E-state index in [1.807, 2.05) is 19.5 Å². The van der Waals surface area contributed by atoms with Crippen molar-refractivity contribution in [3.05, 3.63) is 82.2 Å². The summed E-state index contributed by atoms with van der Waals surface area (Å²) in [4.78, 5) is 9.41. The molecular formula is C23H25FeI2N3. The van der Waals surface area contributed by atoms with Crippen molar-refractivity contribution in [2.75, 3.05) is 0 Å². The van der Waals surface area contributed by atoms with Gasteiger partial charge in [0.25, 0.3) is 0 Å². The average Bonchev–Trinajstić information content (AvgIpc) is 3.02. The van der Waals surface area contributed by atoms with E-state index in [0.29, 0.717) is 0 Å². The number of rotatable bonds is 4. The van der Waals surface area contributed by atoms with Gasteiger partial charge in [-0.15, -0.1) is 0 Å². The van der Waals surface area contributed by atoms with Crippen LogP contribution in [0.25, 0.3) is 0 Å². The van der Waals surface area contributed by atoms with Crippen LogP contribution in [0.3, 0.4) is 0 Å². The Bertz CT molecular complexity index is 903. The van der Waals surface area contributed by atoms with Crippen LogP contribution in [0.15, 0.2) is 58.5 Å². The zero-order valence-electron chi connectivity index (χ0n) is 17.2. The fourth-order valence-corrected chi connectivity index (χ4v) is 3.08. The Kier molecular flexibility index (Phi) is 10.1. The maximum atomic E-state index is 4.71. The molecule has 0 aliphatic rings. The predicted octanol–water partition coefficient (Wildman–Crippen LogP) is 7.53. The van der Waals surface area contributed by atoms with Crippen LogP contribution in [0.4, 0.5) is 11.4 Å². The van der Waals surface area contributed by atoms with Gasteiger partial charge in [-0.25, -0.2) is 0 Å².